The lowest BCUT2D eigenvalue weighted by molar-refractivity contribution is 0.119. The van der Waals surface area contributed by atoms with Gasteiger partial charge < -0.3 is 10.2 Å². The number of urea groups is 1. The Morgan fingerprint density at radius 3 is 2.12 bits per heavy atom. The number of amides is 2. The highest BCUT2D eigenvalue weighted by Gasteiger charge is 2.30. The minimum atomic E-state index is 0.177. The van der Waals surface area contributed by atoms with E-state index in [4.69, 9.17) is 0 Å². The Balaban J connectivity index is 1.88. The molecule has 1 heterocycles. The van der Waals surface area contributed by atoms with Crippen LogP contribution in [-0.2, 0) is 0 Å². The highest BCUT2D eigenvalue weighted by atomic mass is 16.2. The number of nitrogens with one attached hydrogen (secondary N) is 1. The number of nitrogens with zero attached hydrogens (tertiary/aromatic N) is 1. The number of rotatable bonds is 1. The molecule has 2 atom stereocenters. The summed E-state index contributed by atoms with van der Waals surface area (Å²) < 4.78 is 0. The zero-order chi connectivity index (χ0) is 12.3. The molecule has 2 amide bonds. The molecule has 1 N–H and O–H groups in total. The first-order valence-corrected chi connectivity index (χ1v) is 7.27. The predicted octanol–water partition coefficient (Wildman–Crippen LogP) is 3.29. The molecule has 2 rings (SSSR count). The fourth-order valence-electron chi connectivity index (χ4n) is 3.32. The van der Waals surface area contributed by atoms with E-state index in [9.17, 15) is 4.79 Å². The molecule has 0 spiro atoms. The first-order valence-electron chi connectivity index (χ1n) is 7.27. The molecule has 3 heteroatoms. The number of carbonyl (C=O) groups is 1. The van der Waals surface area contributed by atoms with Gasteiger partial charge in [-0.15, -0.1) is 0 Å². The van der Waals surface area contributed by atoms with Crippen LogP contribution in [0.1, 0.15) is 65.2 Å². The summed E-state index contributed by atoms with van der Waals surface area (Å²) in [5.74, 6) is 0. The van der Waals surface area contributed by atoms with Crippen molar-refractivity contribution in [3.63, 3.8) is 0 Å². The Morgan fingerprint density at radius 1 is 0.941 bits per heavy atom. The van der Waals surface area contributed by atoms with Crippen LogP contribution in [0, 0.1) is 0 Å². The zero-order valence-corrected chi connectivity index (χ0v) is 11.2. The van der Waals surface area contributed by atoms with E-state index in [0.29, 0.717) is 18.1 Å². The van der Waals surface area contributed by atoms with E-state index >= 15 is 0 Å². The summed E-state index contributed by atoms with van der Waals surface area (Å²) in [5, 5.41) is 3.24. The fourth-order valence-corrected chi connectivity index (χ4v) is 3.32. The van der Waals surface area contributed by atoms with Gasteiger partial charge in [0.1, 0.15) is 0 Å². The van der Waals surface area contributed by atoms with Gasteiger partial charge in [-0.2, -0.15) is 0 Å². The minimum Gasteiger partial charge on any atom is -0.335 e. The third-order valence-corrected chi connectivity index (χ3v) is 4.36. The van der Waals surface area contributed by atoms with Gasteiger partial charge in [-0.3, -0.25) is 0 Å². The SMILES string of the molecule is C[C@@H]1CCC[C@@H](C)N1C(=O)NC1CCCCC1. The third-order valence-electron chi connectivity index (χ3n) is 4.36. The summed E-state index contributed by atoms with van der Waals surface area (Å²) in [5.41, 5.74) is 0. The second-order valence-corrected chi connectivity index (χ2v) is 5.82. The zero-order valence-electron chi connectivity index (χ0n) is 11.2. The van der Waals surface area contributed by atoms with Crippen LogP contribution in [0.5, 0.6) is 0 Å². The molecule has 98 valence electrons. The molecular weight excluding hydrogens is 212 g/mol. The molecule has 3 nitrogen and oxygen atoms in total. The van der Waals surface area contributed by atoms with Crippen LogP contribution in [0.2, 0.25) is 0 Å². The average molecular weight is 238 g/mol. The van der Waals surface area contributed by atoms with Crippen molar-refractivity contribution in [2.75, 3.05) is 0 Å². The summed E-state index contributed by atoms with van der Waals surface area (Å²) >= 11 is 0. The summed E-state index contributed by atoms with van der Waals surface area (Å²) in [4.78, 5) is 14.4. The van der Waals surface area contributed by atoms with Crippen LogP contribution in [0.4, 0.5) is 4.79 Å². The van der Waals surface area contributed by atoms with Crippen molar-refractivity contribution >= 4 is 6.03 Å². The quantitative estimate of drug-likeness (QED) is 0.747. The van der Waals surface area contributed by atoms with Crippen LogP contribution in [0.3, 0.4) is 0 Å². The minimum absolute atomic E-state index is 0.177. The largest absolute Gasteiger partial charge is 0.335 e. The lowest BCUT2D eigenvalue weighted by Crippen LogP contribution is -2.54. The molecule has 1 saturated carbocycles. The van der Waals surface area contributed by atoms with Gasteiger partial charge in [0.15, 0.2) is 0 Å². The van der Waals surface area contributed by atoms with Crippen molar-refractivity contribution in [3.8, 4) is 0 Å². The van der Waals surface area contributed by atoms with Crippen LogP contribution < -0.4 is 5.32 Å². The van der Waals surface area contributed by atoms with Crippen LogP contribution >= 0.6 is 0 Å². The maximum atomic E-state index is 12.3. The molecule has 1 aliphatic heterocycles. The lowest BCUT2D eigenvalue weighted by Gasteiger charge is -2.40. The summed E-state index contributed by atoms with van der Waals surface area (Å²) in [6.45, 7) is 4.35. The monoisotopic (exact) mass is 238 g/mol. The molecule has 2 aliphatic rings. The van der Waals surface area contributed by atoms with Crippen LogP contribution in [0.15, 0.2) is 0 Å². The summed E-state index contributed by atoms with van der Waals surface area (Å²) in [6.07, 6.45) is 9.79. The molecule has 1 aliphatic carbocycles. The molecule has 0 aromatic rings. The average Bonchev–Trinajstić information content (AvgIpc) is 2.30. The van der Waals surface area contributed by atoms with Gasteiger partial charge in [-0.1, -0.05) is 19.3 Å². The first kappa shape index (κ1) is 12.7. The molecule has 0 aromatic carbocycles. The molecule has 0 aromatic heterocycles. The van der Waals surface area contributed by atoms with Gasteiger partial charge in [0, 0.05) is 18.1 Å². The summed E-state index contributed by atoms with van der Waals surface area (Å²) in [7, 11) is 0. The fraction of sp³-hybridized carbons (Fsp3) is 0.929. The van der Waals surface area contributed by atoms with Crippen molar-refractivity contribution in [1.29, 1.82) is 0 Å². The summed E-state index contributed by atoms with van der Waals surface area (Å²) in [6, 6.07) is 1.42. The van der Waals surface area contributed by atoms with Crippen LogP contribution in [0.25, 0.3) is 0 Å². The lowest BCUT2D eigenvalue weighted by atomic mass is 9.95. The molecule has 0 unspecified atom stereocenters. The second-order valence-electron chi connectivity index (χ2n) is 5.82. The van der Waals surface area contributed by atoms with E-state index in [1.807, 2.05) is 0 Å². The van der Waals surface area contributed by atoms with Crippen molar-refractivity contribution < 1.29 is 4.79 Å². The Bertz CT molecular complexity index is 251. The number of carbonyl (C=O) groups excluding carboxylic acids is 1. The van der Waals surface area contributed by atoms with Crippen molar-refractivity contribution in [1.82, 2.24) is 10.2 Å². The smallest absolute Gasteiger partial charge is 0.318 e. The molecular formula is C14H26N2O. The second kappa shape index (κ2) is 5.74. The first-order chi connectivity index (χ1) is 8.18. The van der Waals surface area contributed by atoms with E-state index in [-0.39, 0.29) is 6.03 Å². The van der Waals surface area contributed by atoms with E-state index < -0.39 is 0 Å². The molecule has 0 bridgehead atoms. The van der Waals surface area contributed by atoms with Gasteiger partial charge in [-0.25, -0.2) is 4.79 Å². The van der Waals surface area contributed by atoms with Gasteiger partial charge in [0.2, 0.25) is 0 Å². The Kier molecular flexibility index (Phi) is 4.30. The Hall–Kier alpha value is -0.730. The third kappa shape index (κ3) is 3.14. The van der Waals surface area contributed by atoms with Gasteiger partial charge in [-0.05, 0) is 46.0 Å². The Morgan fingerprint density at radius 2 is 1.53 bits per heavy atom. The molecule has 0 radical (unpaired) electrons. The van der Waals surface area contributed by atoms with E-state index in [1.165, 1.54) is 38.5 Å². The highest BCUT2D eigenvalue weighted by molar-refractivity contribution is 5.75. The van der Waals surface area contributed by atoms with Gasteiger partial charge in [0.05, 0.1) is 0 Å². The van der Waals surface area contributed by atoms with Crippen LogP contribution in [-0.4, -0.2) is 29.1 Å². The predicted molar refractivity (Wildman–Crippen MR) is 70.0 cm³/mol. The van der Waals surface area contributed by atoms with Gasteiger partial charge in [0.25, 0.3) is 0 Å². The molecule has 2 fully saturated rings. The maximum Gasteiger partial charge on any atom is 0.318 e. The number of hydrogen-bond donors (Lipinski definition) is 1. The van der Waals surface area contributed by atoms with E-state index in [1.54, 1.807) is 0 Å². The standard InChI is InChI=1S/C14H26N2O/c1-11-7-6-8-12(2)16(11)14(17)15-13-9-4-3-5-10-13/h11-13H,3-10H2,1-2H3,(H,15,17)/t11-,12-/m1/s1. The number of likely N-dealkylation sites (tertiary alicyclic amines) is 1. The normalized spacial score (nSPS) is 31.3. The van der Waals surface area contributed by atoms with Crippen molar-refractivity contribution in [3.05, 3.63) is 0 Å². The van der Waals surface area contributed by atoms with Gasteiger partial charge >= 0.3 is 6.03 Å². The van der Waals surface area contributed by atoms with Crippen molar-refractivity contribution in [2.45, 2.75) is 83.3 Å². The number of hydrogen-bond acceptors (Lipinski definition) is 1. The topological polar surface area (TPSA) is 32.3 Å². The molecule has 17 heavy (non-hydrogen) atoms. The van der Waals surface area contributed by atoms with Crippen molar-refractivity contribution in [2.24, 2.45) is 0 Å². The Labute approximate surface area is 105 Å². The highest BCUT2D eigenvalue weighted by Crippen LogP contribution is 2.23. The van der Waals surface area contributed by atoms with E-state index in [2.05, 4.69) is 24.1 Å². The molecule has 1 saturated heterocycles. The van der Waals surface area contributed by atoms with E-state index in [0.717, 1.165) is 12.8 Å². The number of piperidine rings is 1. The maximum absolute atomic E-state index is 12.3.